The van der Waals surface area contributed by atoms with Crippen LogP contribution in [0.15, 0.2) is 28.7 Å². The van der Waals surface area contributed by atoms with E-state index in [9.17, 15) is 14.7 Å². The highest BCUT2D eigenvalue weighted by molar-refractivity contribution is 9.10. The number of hydrogen-bond donors (Lipinski definition) is 4. The smallest absolute Gasteiger partial charge is 0.314 e. The van der Waals surface area contributed by atoms with E-state index in [2.05, 4.69) is 26.6 Å². The average Bonchev–Trinajstić information content (AvgIpc) is 2.45. The molecule has 6 nitrogen and oxygen atoms in total. The Labute approximate surface area is 131 Å². The van der Waals surface area contributed by atoms with Crippen molar-refractivity contribution in [3.05, 3.63) is 34.3 Å². The summed E-state index contributed by atoms with van der Waals surface area (Å²) in [7, 11) is 0. The van der Waals surface area contributed by atoms with Crippen LogP contribution in [0.1, 0.15) is 12.0 Å². The lowest BCUT2D eigenvalue weighted by Gasteiger charge is -2.16. The van der Waals surface area contributed by atoms with Crippen LogP contribution >= 0.6 is 15.9 Å². The highest BCUT2D eigenvalue weighted by Crippen LogP contribution is 2.19. The molecule has 116 valence electrons. The number of carbonyl (C=O) groups is 2. The van der Waals surface area contributed by atoms with Crippen molar-refractivity contribution in [1.82, 2.24) is 10.6 Å². The van der Waals surface area contributed by atoms with Gasteiger partial charge in [-0.3, -0.25) is 4.79 Å². The third-order valence-electron chi connectivity index (χ3n) is 2.90. The van der Waals surface area contributed by atoms with Crippen molar-refractivity contribution in [2.45, 2.75) is 12.8 Å². The zero-order chi connectivity index (χ0) is 15.7. The van der Waals surface area contributed by atoms with Gasteiger partial charge in [-0.25, -0.2) is 4.79 Å². The van der Waals surface area contributed by atoms with E-state index in [-0.39, 0.29) is 25.5 Å². The molecule has 0 fully saturated rings. The van der Waals surface area contributed by atoms with E-state index in [4.69, 9.17) is 5.11 Å². The Balaban J connectivity index is 2.36. The Kier molecular flexibility index (Phi) is 7.78. The van der Waals surface area contributed by atoms with E-state index < -0.39 is 12.0 Å². The first-order chi connectivity index (χ1) is 10.0. The van der Waals surface area contributed by atoms with E-state index in [1.54, 1.807) is 0 Å². The van der Waals surface area contributed by atoms with Gasteiger partial charge in [-0.15, -0.1) is 0 Å². The zero-order valence-electron chi connectivity index (χ0n) is 11.5. The molecule has 0 spiro atoms. The predicted octanol–water partition coefficient (Wildman–Crippen LogP) is 1.37. The highest BCUT2D eigenvalue weighted by atomic mass is 79.9. The maximum atomic E-state index is 11.5. The summed E-state index contributed by atoms with van der Waals surface area (Å²) in [6.07, 6.45) is 0.515. The van der Waals surface area contributed by atoms with Gasteiger partial charge in [0, 0.05) is 30.1 Å². The van der Waals surface area contributed by atoms with E-state index in [0.29, 0.717) is 13.0 Å². The molecule has 2 amide bonds. The Morgan fingerprint density at radius 3 is 2.57 bits per heavy atom. The second-order valence-electron chi connectivity index (χ2n) is 4.62. The van der Waals surface area contributed by atoms with E-state index in [0.717, 1.165) is 10.0 Å². The van der Waals surface area contributed by atoms with Gasteiger partial charge in [0.25, 0.3) is 0 Å². The molecule has 0 saturated heterocycles. The van der Waals surface area contributed by atoms with E-state index in [1.807, 2.05) is 24.3 Å². The molecule has 0 radical (unpaired) electrons. The van der Waals surface area contributed by atoms with Crippen molar-refractivity contribution in [1.29, 1.82) is 0 Å². The van der Waals surface area contributed by atoms with Crippen LogP contribution in [0, 0.1) is 5.92 Å². The zero-order valence-corrected chi connectivity index (χ0v) is 13.1. The molecule has 0 heterocycles. The van der Waals surface area contributed by atoms with Crippen molar-refractivity contribution in [3.63, 3.8) is 0 Å². The molecule has 7 heteroatoms. The molecule has 0 aromatic heterocycles. The van der Waals surface area contributed by atoms with Gasteiger partial charge in [-0.1, -0.05) is 34.1 Å². The fourth-order valence-electron chi connectivity index (χ4n) is 1.76. The number of halogens is 1. The molecule has 4 N–H and O–H groups in total. The van der Waals surface area contributed by atoms with Crippen molar-refractivity contribution >= 4 is 27.9 Å². The molecule has 1 atom stereocenters. The Morgan fingerprint density at radius 2 is 1.95 bits per heavy atom. The molecule has 1 aromatic carbocycles. The summed E-state index contributed by atoms with van der Waals surface area (Å²) in [5.41, 5.74) is 1.06. The minimum absolute atomic E-state index is 0.0449. The van der Waals surface area contributed by atoms with Crippen molar-refractivity contribution in [2.75, 3.05) is 19.7 Å². The first-order valence-corrected chi connectivity index (χ1v) is 7.40. The molecule has 0 aliphatic heterocycles. The molecule has 0 saturated carbocycles. The van der Waals surface area contributed by atoms with Crippen LogP contribution < -0.4 is 10.6 Å². The first kappa shape index (κ1) is 17.5. The van der Waals surface area contributed by atoms with Gasteiger partial charge in [0.1, 0.15) is 0 Å². The monoisotopic (exact) mass is 358 g/mol. The normalized spacial score (nSPS) is 11.7. The SMILES string of the molecule is O=C(O)CCNC(=O)NCC(CO)Cc1ccccc1Br. The number of aliphatic hydroxyl groups excluding tert-OH is 1. The third kappa shape index (κ3) is 7.10. The molecule has 0 bridgehead atoms. The third-order valence-corrected chi connectivity index (χ3v) is 3.67. The molecule has 1 rings (SSSR count). The number of rotatable bonds is 8. The summed E-state index contributed by atoms with van der Waals surface area (Å²) in [6, 6.07) is 7.29. The maximum absolute atomic E-state index is 11.5. The number of aliphatic hydroxyl groups is 1. The Bertz CT molecular complexity index is 482. The molecular weight excluding hydrogens is 340 g/mol. The number of nitrogens with one attached hydrogen (secondary N) is 2. The highest BCUT2D eigenvalue weighted by Gasteiger charge is 2.12. The molecule has 1 unspecified atom stereocenters. The first-order valence-electron chi connectivity index (χ1n) is 6.60. The summed E-state index contributed by atoms with van der Waals surface area (Å²) < 4.78 is 0.967. The summed E-state index contributed by atoms with van der Waals surface area (Å²) >= 11 is 3.44. The second kappa shape index (κ2) is 9.36. The molecule has 21 heavy (non-hydrogen) atoms. The molecule has 0 aliphatic carbocycles. The lowest BCUT2D eigenvalue weighted by atomic mass is 10.0. The number of benzene rings is 1. The van der Waals surface area contributed by atoms with Crippen LogP contribution in [0.5, 0.6) is 0 Å². The van der Waals surface area contributed by atoms with Crippen LogP contribution in [0.2, 0.25) is 0 Å². The topological polar surface area (TPSA) is 98.7 Å². The number of aliphatic carboxylic acids is 1. The fourth-order valence-corrected chi connectivity index (χ4v) is 2.21. The minimum Gasteiger partial charge on any atom is -0.481 e. The second-order valence-corrected chi connectivity index (χ2v) is 5.48. The van der Waals surface area contributed by atoms with Crippen molar-refractivity contribution in [2.24, 2.45) is 5.92 Å². The van der Waals surface area contributed by atoms with E-state index in [1.165, 1.54) is 0 Å². The summed E-state index contributed by atoms with van der Waals surface area (Å²) in [5, 5.41) is 22.9. The molecule has 1 aromatic rings. The van der Waals surface area contributed by atoms with Crippen LogP contribution in [0.4, 0.5) is 4.79 Å². The fraction of sp³-hybridized carbons (Fsp3) is 0.429. The predicted molar refractivity (Wildman–Crippen MR) is 82.1 cm³/mol. The van der Waals surface area contributed by atoms with Crippen LogP contribution in [-0.4, -0.2) is 41.9 Å². The Morgan fingerprint density at radius 1 is 1.24 bits per heavy atom. The van der Waals surface area contributed by atoms with Gasteiger partial charge >= 0.3 is 12.0 Å². The van der Waals surface area contributed by atoms with Gasteiger partial charge in [-0.05, 0) is 18.1 Å². The van der Waals surface area contributed by atoms with Crippen molar-refractivity contribution < 1.29 is 19.8 Å². The number of carboxylic acids is 1. The Hall–Kier alpha value is -1.60. The van der Waals surface area contributed by atoms with Crippen LogP contribution in [0.3, 0.4) is 0 Å². The van der Waals surface area contributed by atoms with E-state index >= 15 is 0 Å². The van der Waals surface area contributed by atoms with Gasteiger partial charge in [0.15, 0.2) is 0 Å². The van der Waals surface area contributed by atoms with Crippen molar-refractivity contribution in [3.8, 4) is 0 Å². The lowest BCUT2D eigenvalue weighted by molar-refractivity contribution is -0.136. The van der Waals surface area contributed by atoms with Gasteiger partial charge in [0.2, 0.25) is 0 Å². The summed E-state index contributed by atoms with van der Waals surface area (Å²) in [5.74, 6) is -1.06. The number of hydrogen-bond acceptors (Lipinski definition) is 3. The number of urea groups is 1. The standard InChI is InChI=1S/C14H19BrN2O4/c15-12-4-2-1-3-11(12)7-10(9-18)8-17-14(21)16-6-5-13(19)20/h1-4,10,18H,5-9H2,(H,19,20)(H2,16,17,21). The largest absolute Gasteiger partial charge is 0.481 e. The average molecular weight is 359 g/mol. The number of amides is 2. The quantitative estimate of drug-likeness (QED) is 0.564. The molecular formula is C14H19BrN2O4. The summed E-state index contributed by atoms with van der Waals surface area (Å²) in [4.78, 5) is 21.8. The lowest BCUT2D eigenvalue weighted by Crippen LogP contribution is -2.40. The van der Waals surface area contributed by atoms with Gasteiger partial charge in [-0.2, -0.15) is 0 Å². The molecule has 0 aliphatic rings. The minimum atomic E-state index is -0.961. The number of carbonyl (C=O) groups excluding carboxylic acids is 1. The van der Waals surface area contributed by atoms with Crippen LogP contribution in [-0.2, 0) is 11.2 Å². The number of carboxylic acid groups (broad SMARTS) is 1. The maximum Gasteiger partial charge on any atom is 0.314 e. The summed E-state index contributed by atoms with van der Waals surface area (Å²) in [6.45, 7) is 0.350. The van der Waals surface area contributed by atoms with Gasteiger partial charge < -0.3 is 20.8 Å². The van der Waals surface area contributed by atoms with Crippen LogP contribution in [0.25, 0.3) is 0 Å². The van der Waals surface area contributed by atoms with Gasteiger partial charge in [0.05, 0.1) is 6.42 Å².